The van der Waals surface area contributed by atoms with Gasteiger partial charge in [0.15, 0.2) is 5.56 Å². The molecule has 0 bridgehead atoms. The summed E-state index contributed by atoms with van der Waals surface area (Å²) in [5, 5.41) is 12.3. The van der Waals surface area contributed by atoms with Crippen LogP contribution in [-0.2, 0) is 6.42 Å². The van der Waals surface area contributed by atoms with Gasteiger partial charge in [-0.3, -0.25) is 4.79 Å². The molecular weight excluding hydrogens is 270 g/mol. The predicted octanol–water partition coefficient (Wildman–Crippen LogP) is 2.02. The van der Waals surface area contributed by atoms with E-state index < -0.39 is 11.5 Å². The standard InChI is InChI=1S/C16H17NO4/c1-11-10-13(18)14(16(20)21-11)15(19)17-9-5-8-12-6-3-2-4-7-12/h2-4,6-7,10,18H,5,8-9H2,1H3,(H,17,19). The maximum atomic E-state index is 11.9. The molecule has 0 saturated carbocycles. The summed E-state index contributed by atoms with van der Waals surface area (Å²) in [6.07, 6.45) is 1.57. The van der Waals surface area contributed by atoms with Crippen LogP contribution in [0.1, 0.15) is 28.1 Å². The summed E-state index contributed by atoms with van der Waals surface area (Å²) in [4.78, 5) is 23.4. The lowest BCUT2D eigenvalue weighted by Gasteiger charge is -2.06. The summed E-state index contributed by atoms with van der Waals surface area (Å²) in [5.74, 6) is -0.711. The highest BCUT2D eigenvalue weighted by Crippen LogP contribution is 2.14. The van der Waals surface area contributed by atoms with E-state index in [4.69, 9.17) is 4.42 Å². The molecule has 0 saturated heterocycles. The SMILES string of the molecule is Cc1cc(O)c(C(=O)NCCCc2ccccc2)c(=O)o1. The van der Waals surface area contributed by atoms with Crippen LogP contribution in [-0.4, -0.2) is 17.6 Å². The largest absolute Gasteiger partial charge is 0.507 e. The van der Waals surface area contributed by atoms with Gasteiger partial charge in [-0.05, 0) is 25.3 Å². The highest BCUT2D eigenvalue weighted by molar-refractivity contribution is 5.96. The smallest absolute Gasteiger partial charge is 0.352 e. The van der Waals surface area contributed by atoms with E-state index >= 15 is 0 Å². The topological polar surface area (TPSA) is 79.5 Å². The highest BCUT2D eigenvalue weighted by Gasteiger charge is 2.17. The number of aryl methyl sites for hydroxylation is 2. The van der Waals surface area contributed by atoms with Crippen molar-refractivity contribution in [1.82, 2.24) is 5.32 Å². The second kappa shape index (κ2) is 6.74. The molecule has 1 heterocycles. The van der Waals surface area contributed by atoms with Crippen molar-refractivity contribution in [2.24, 2.45) is 0 Å². The maximum Gasteiger partial charge on any atom is 0.352 e. The molecule has 1 amide bonds. The van der Waals surface area contributed by atoms with Gasteiger partial charge in [-0.25, -0.2) is 4.79 Å². The third-order valence-corrected chi connectivity index (χ3v) is 3.05. The Labute approximate surface area is 122 Å². The number of amides is 1. The first-order chi connectivity index (χ1) is 10.1. The number of carbonyl (C=O) groups is 1. The number of rotatable bonds is 5. The molecule has 0 aliphatic heterocycles. The summed E-state index contributed by atoms with van der Waals surface area (Å²) >= 11 is 0. The Hall–Kier alpha value is -2.56. The van der Waals surface area contributed by atoms with E-state index in [9.17, 15) is 14.7 Å². The molecule has 0 atom stereocenters. The minimum absolute atomic E-state index is 0.262. The second-order valence-corrected chi connectivity index (χ2v) is 4.75. The molecular formula is C16H17NO4. The summed E-state index contributed by atoms with van der Waals surface area (Å²) < 4.78 is 4.81. The zero-order chi connectivity index (χ0) is 15.2. The summed E-state index contributed by atoms with van der Waals surface area (Å²) in [6, 6.07) is 11.2. The fourth-order valence-corrected chi connectivity index (χ4v) is 2.03. The summed E-state index contributed by atoms with van der Waals surface area (Å²) in [7, 11) is 0. The van der Waals surface area contributed by atoms with E-state index in [0.29, 0.717) is 6.54 Å². The number of hydrogen-bond donors (Lipinski definition) is 2. The molecule has 0 aliphatic rings. The molecule has 21 heavy (non-hydrogen) atoms. The number of hydrogen-bond acceptors (Lipinski definition) is 4. The van der Waals surface area contributed by atoms with Gasteiger partial charge < -0.3 is 14.8 Å². The van der Waals surface area contributed by atoms with E-state index in [1.165, 1.54) is 18.6 Å². The molecule has 0 spiro atoms. The van der Waals surface area contributed by atoms with Crippen molar-refractivity contribution in [2.45, 2.75) is 19.8 Å². The van der Waals surface area contributed by atoms with Crippen molar-refractivity contribution >= 4 is 5.91 Å². The van der Waals surface area contributed by atoms with E-state index in [-0.39, 0.29) is 17.1 Å². The lowest BCUT2D eigenvalue weighted by molar-refractivity contribution is 0.0946. The Morgan fingerprint density at radius 2 is 2.00 bits per heavy atom. The van der Waals surface area contributed by atoms with Gasteiger partial charge in [0.1, 0.15) is 11.5 Å². The van der Waals surface area contributed by atoms with Gasteiger partial charge in [0, 0.05) is 12.6 Å². The minimum atomic E-state index is -0.826. The van der Waals surface area contributed by atoms with Crippen LogP contribution < -0.4 is 10.9 Å². The molecule has 110 valence electrons. The zero-order valence-electron chi connectivity index (χ0n) is 11.8. The van der Waals surface area contributed by atoms with Gasteiger partial charge in [-0.15, -0.1) is 0 Å². The van der Waals surface area contributed by atoms with Gasteiger partial charge in [0.05, 0.1) is 0 Å². The van der Waals surface area contributed by atoms with E-state index in [1.807, 2.05) is 30.3 Å². The molecule has 2 rings (SSSR count). The number of carbonyl (C=O) groups excluding carboxylic acids is 1. The lowest BCUT2D eigenvalue weighted by atomic mass is 10.1. The monoisotopic (exact) mass is 287 g/mol. The van der Waals surface area contributed by atoms with Gasteiger partial charge in [0.25, 0.3) is 5.91 Å². The average molecular weight is 287 g/mol. The Kier molecular flexibility index (Phi) is 4.77. The van der Waals surface area contributed by atoms with E-state index in [2.05, 4.69) is 5.32 Å². The number of benzene rings is 1. The zero-order valence-corrected chi connectivity index (χ0v) is 11.8. The first-order valence-corrected chi connectivity index (χ1v) is 6.74. The van der Waals surface area contributed by atoms with Crippen LogP contribution >= 0.6 is 0 Å². The van der Waals surface area contributed by atoms with Crippen LogP contribution in [0.5, 0.6) is 5.75 Å². The van der Waals surface area contributed by atoms with Crippen LogP contribution in [0.15, 0.2) is 45.6 Å². The van der Waals surface area contributed by atoms with Crippen LogP contribution in [0, 0.1) is 6.92 Å². The summed E-state index contributed by atoms with van der Waals surface area (Å²) in [6.45, 7) is 1.95. The number of aromatic hydroxyl groups is 1. The molecule has 0 radical (unpaired) electrons. The van der Waals surface area contributed by atoms with Gasteiger partial charge >= 0.3 is 5.63 Å². The quantitative estimate of drug-likeness (QED) is 0.824. The van der Waals surface area contributed by atoms with Gasteiger partial charge in [-0.2, -0.15) is 0 Å². The minimum Gasteiger partial charge on any atom is -0.507 e. The Bertz CT molecular complexity index is 676. The molecule has 1 aromatic carbocycles. The molecule has 5 heteroatoms. The van der Waals surface area contributed by atoms with Crippen LogP contribution in [0.2, 0.25) is 0 Å². The van der Waals surface area contributed by atoms with E-state index in [1.54, 1.807) is 0 Å². The van der Waals surface area contributed by atoms with Crippen molar-refractivity contribution < 1.29 is 14.3 Å². The highest BCUT2D eigenvalue weighted by atomic mass is 16.4. The van der Waals surface area contributed by atoms with Crippen molar-refractivity contribution in [1.29, 1.82) is 0 Å². The van der Waals surface area contributed by atoms with E-state index in [0.717, 1.165) is 12.8 Å². The molecule has 0 fully saturated rings. The molecule has 0 unspecified atom stereocenters. The van der Waals surface area contributed by atoms with Crippen LogP contribution in [0.3, 0.4) is 0 Å². The third-order valence-electron chi connectivity index (χ3n) is 3.05. The fourth-order valence-electron chi connectivity index (χ4n) is 2.03. The predicted molar refractivity (Wildman–Crippen MR) is 78.5 cm³/mol. The van der Waals surface area contributed by atoms with Crippen molar-refractivity contribution in [3.63, 3.8) is 0 Å². The maximum absolute atomic E-state index is 11.9. The Morgan fingerprint density at radius 1 is 1.29 bits per heavy atom. The van der Waals surface area contributed by atoms with Crippen molar-refractivity contribution in [2.75, 3.05) is 6.54 Å². The third kappa shape index (κ3) is 3.95. The normalized spacial score (nSPS) is 10.3. The Balaban J connectivity index is 1.90. The van der Waals surface area contributed by atoms with Gasteiger partial charge in [0.2, 0.25) is 0 Å². The summed E-state index contributed by atoms with van der Waals surface area (Å²) in [5.41, 5.74) is 0.0119. The lowest BCUT2D eigenvalue weighted by Crippen LogP contribution is -2.29. The first kappa shape index (κ1) is 14.8. The van der Waals surface area contributed by atoms with Crippen molar-refractivity contribution in [3.8, 4) is 5.75 Å². The number of nitrogens with one attached hydrogen (secondary N) is 1. The fraction of sp³-hybridized carbons (Fsp3) is 0.250. The molecule has 5 nitrogen and oxygen atoms in total. The van der Waals surface area contributed by atoms with Gasteiger partial charge in [-0.1, -0.05) is 30.3 Å². The first-order valence-electron chi connectivity index (χ1n) is 6.74. The molecule has 0 aliphatic carbocycles. The molecule has 2 N–H and O–H groups in total. The molecule has 1 aromatic heterocycles. The van der Waals surface area contributed by atoms with Crippen LogP contribution in [0.4, 0.5) is 0 Å². The van der Waals surface area contributed by atoms with Crippen LogP contribution in [0.25, 0.3) is 0 Å². The van der Waals surface area contributed by atoms with Crippen molar-refractivity contribution in [3.05, 3.63) is 63.7 Å². The Morgan fingerprint density at radius 3 is 2.67 bits per heavy atom. The molecule has 2 aromatic rings. The second-order valence-electron chi connectivity index (χ2n) is 4.75. The average Bonchev–Trinajstić information content (AvgIpc) is 2.43.